The van der Waals surface area contributed by atoms with E-state index in [1.807, 2.05) is 0 Å². The van der Waals surface area contributed by atoms with Gasteiger partial charge < -0.3 is 33.4 Å². The molecule has 4 aromatic rings. The van der Waals surface area contributed by atoms with Crippen LogP contribution in [0, 0.1) is 6.92 Å². The minimum atomic E-state index is -4.82. The Morgan fingerprint density at radius 1 is 0.926 bits per heavy atom. The molecule has 0 saturated heterocycles. The number of amides is 2. The van der Waals surface area contributed by atoms with Crippen LogP contribution < -0.4 is 53.4 Å². The Morgan fingerprint density at radius 2 is 1.54 bits per heavy atom. The summed E-state index contributed by atoms with van der Waals surface area (Å²) in [5.41, 5.74) is -1.03. The van der Waals surface area contributed by atoms with Crippen molar-refractivity contribution < 1.29 is 92.9 Å². The average molecular weight is 790 g/mol. The molecule has 0 spiro atoms. The summed E-state index contributed by atoms with van der Waals surface area (Å²) in [6.07, 6.45) is -7.78. The molecule has 1 aromatic heterocycles. The molecule has 0 unspecified atom stereocenters. The topological polar surface area (TPSA) is 135 Å². The number of carbonyl (C=O) groups is 2. The largest absolute Gasteiger partial charge is 1.00 e. The van der Waals surface area contributed by atoms with Crippen LogP contribution in [0.4, 0.5) is 32.0 Å². The maximum absolute atomic E-state index is 13.9. The van der Waals surface area contributed by atoms with Crippen molar-refractivity contribution in [1.29, 1.82) is 0 Å². The summed E-state index contributed by atoms with van der Waals surface area (Å²) in [5, 5.41) is -0.171. The van der Waals surface area contributed by atoms with E-state index >= 15 is 0 Å². The molecule has 11 nitrogen and oxygen atoms in total. The molecule has 2 heterocycles. The number of aromatic nitrogens is 1. The van der Waals surface area contributed by atoms with Gasteiger partial charge in [0.05, 0.1) is 48.0 Å². The number of pyridine rings is 1. The van der Waals surface area contributed by atoms with Gasteiger partial charge in [0.2, 0.25) is 0 Å². The Labute approximate surface area is 327 Å². The van der Waals surface area contributed by atoms with Gasteiger partial charge in [0.25, 0.3) is 5.91 Å². The molecule has 1 aliphatic carbocycles. The van der Waals surface area contributed by atoms with Gasteiger partial charge in [0, 0.05) is 33.8 Å². The van der Waals surface area contributed by atoms with Crippen LogP contribution in [-0.2, 0) is 32.5 Å². The smallest absolute Gasteiger partial charge is 0.545 e. The van der Waals surface area contributed by atoms with Crippen molar-refractivity contribution in [1.82, 2.24) is 4.98 Å². The number of methoxy groups -OCH3 is 2. The third-order valence-electron chi connectivity index (χ3n) is 8.79. The van der Waals surface area contributed by atoms with E-state index in [0.29, 0.717) is 35.5 Å². The van der Waals surface area contributed by atoms with Crippen molar-refractivity contribution in [3.63, 3.8) is 0 Å². The molecule has 0 atom stereocenters. The fourth-order valence-corrected chi connectivity index (χ4v) is 7.53. The van der Waals surface area contributed by atoms with Crippen LogP contribution in [0.5, 0.6) is 23.0 Å². The quantitative estimate of drug-likeness (QED) is 0.154. The molecule has 282 valence electrons. The van der Waals surface area contributed by atoms with Gasteiger partial charge in [-0.1, -0.05) is 18.2 Å². The van der Waals surface area contributed by atoms with E-state index in [-0.39, 0.29) is 57.3 Å². The van der Waals surface area contributed by atoms with Crippen molar-refractivity contribution in [3.05, 3.63) is 87.3 Å². The van der Waals surface area contributed by atoms with Crippen molar-refractivity contribution in [2.24, 2.45) is 0 Å². The standard InChI is InChI=1S/C35H31F6N3O8S.Na/c1-19-14-20(16-53(47,48)43-32(46)33(11-12-33)27-24(49-2)7-4-8-25(27)50-3)9-10-23(19)44-15-22-26(31(44)45)29(51-17-34(36,37)38)21-6-5-13-42-28(21)30(22)52-18-35(39,40)41;/h4-10,13-14H,11-12,15-18H2,1-3H3,(H,43,46);/q;+1/p-1. The summed E-state index contributed by atoms with van der Waals surface area (Å²) in [7, 11) is -1.59. The summed E-state index contributed by atoms with van der Waals surface area (Å²) in [5.74, 6) is -2.78. The number of alkyl halides is 6. The second-order valence-electron chi connectivity index (χ2n) is 12.5. The van der Waals surface area contributed by atoms with Crippen LogP contribution in [0.3, 0.4) is 0 Å². The Morgan fingerprint density at radius 3 is 2.09 bits per heavy atom. The third kappa shape index (κ3) is 8.21. The van der Waals surface area contributed by atoms with Crippen molar-refractivity contribution in [2.75, 3.05) is 32.3 Å². The molecule has 6 rings (SSSR count). The van der Waals surface area contributed by atoms with Gasteiger partial charge in [-0.3, -0.25) is 9.78 Å². The molecule has 1 aliphatic heterocycles. The predicted octanol–water partition coefficient (Wildman–Crippen LogP) is 4.07. The van der Waals surface area contributed by atoms with E-state index in [2.05, 4.69) is 9.71 Å². The third-order valence-corrected chi connectivity index (χ3v) is 9.94. The molecule has 3 aromatic carbocycles. The maximum atomic E-state index is 13.9. The average Bonchev–Trinajstić information content (AvgIpc) is 3.82. The van der Waals surface area contributed by atoms with Crippen molar-refractivity contribution in [3.8, 4) is 23.0 Å². The van der Waals surface area contributed by atoms with Gasteiger partial charge in [-0.15, -0.1) is 0 Å². The summed E-state index contributed by atoms with van der Waals surface area (Å²) in [6, 6.07) is 11.6. The first kappa shape index (κ1) is 40.9. The molecule has 2 aliphatic rings. The van der Waals surface area contributed by atoms with Crippen LogP contribution in [0.2, 0.25) is 0 Å². The van der Waals surface area contributed by atoms with E-state index in [1.165, 1.54) is 57.7 Å². The number of nitrogens with zero attached hydrogens (tertiary/aromatic N) is 3. The number of hydrogen-bond donors (Lipinski definition) is 0. The predicted molar refractivity (Wildman–Crippen MR) is 178 cm³/mol. The second-order valence-corrected chi connectivity index (χ2v) is 14.1. The molecule has 0 bridgehead atoms. The molecular weight excluding hydrogens is 759 g/mol. The molecule has 1 saturated carbocycles. The summed E-state index contributed by atoms with van der Waals surface area (Å²) < 4.78 is 131. The molecule has 1 fully saturated rings. The SMILES string of the molecule is COc1cccc(OC)c1C1(C(=O)[N-]S(=O)(=O)Cc2ccc(N3Cc4c(c(OCC(F)(F)F)c5cccnc5c4OCC(F)(F)F)C3=O)c(C)c2)CC1.[Na+]. The number of carbonyl (C=O) groups excluding carboxylic acids is 2. The van der Waals surface area contributed by atoms with E-state index < -0.39 is 82.2 Å². The molecule has 54 heavy (non-hydrogen) atoms. The van der Waals surface area contributed by atoms with Gasteiger partial charge in [-0.05, 0) is 61.2 Å². The minimum Gasteiger partial charge on any atom is -0.545 e. The second kappa shape index (κ2) is 15.1. The van der Waals surface area contributed by atoms with Crippen LogP contribution in [-0.4, -0.2) is 65.0 Å². The van der Waals surface area contributed by atoms with E-state index in [0.717, 1.165) is 4.90 Å². The number of benzene rings is 3. The van der Waals surface area contributed by atoms with Crippen molar-refractivity contribution in [2.45, 2.75) is 49.8 Å². The van der Waals surface area contributed by atoms with E-state index in [1.54, 1.807) is 18.2 Å². The summed E-state index contributed by atoms with van der Waals surface area (Å²) >= 11 is 0. The molecule has 2 amide bonds. The van der Waals surface area contributed by atoms with E-state index in [4.69, 9.17) is 18.9 Å². The zero-order valence-corrected chi connectivity index (χ0v) is 32.0. The number of sulfonamides is 1. The van der Waals surface area contributed by atoms with Crippen molar-refractivity contribution >= 4 is 38.4 Å². The first-order valence-corrected chi connectivity index (χ1v) is 17.4. The number of ether oxygens (including phenoxy) is 4. The normalized spacial score (nSPS) is 15.0. The van der Waals surface area contributed by atoms with Gasteiger partial charge in [-0.25, -0.2) is 8.42 Å². The first-order valence-electron chi connectivity index (χ1n) is 15.8. The summed E-state index contributed by atoms with van der Waals surface area (Å²) in [6.45, 7) is -2.49. The Balaban J connectivity index is 0.00000561. The number of hydrogen-bond acceptors (Lipinski definition) is 9. The van der Waals surface area contributed by atoms with Crippen LogP contribution >= 0.6 is 0 Å². The zero-order chi connectivity index (χ0) is 38.5. The fourth-order valence-electron chi connectivity index (χ4n) is 6.43. The number of aryl methyl sites for hydroxylation is 1. The Hall–Kier alpha value is -4.26. The number of halogens is 6. The number of anilines is 1. The van der Waals surface area contributed by atoms with Crippen LogP contribution in [0.1, 0.15) is 45.5 Å². The molecule has 0 N–H and O–H groups in total. The van der Waals surface area contributed by atoms with Crippen LogP contribution in [0.25, 0.3) is 15.6 Å². The fraction of sp³-hybridized carbons (Fsp3) is 0.343. The van der Waals surface area contributed by atoms with E-state index in [9.17, 15) is 44.3 Å². The Kier molecular flexibility index (Phi) is 11.4. The maximum Gasteiger partial charge on any atom is 1.00 e. The first-order chi connectivity index (χ1) is 24.9. The molecule has 0 radical (unpaired) electrons. The van der Waals surface area contributed by atoms with Gasteiger partial charge >= 0.3 is 41.9 Å². The minimum absolute atomic E-state index is 0. The zero-order valence-electron chi connectivity index (χ0n) is 29.2. The summed E-state index contributed by atoms with van der Waals surface area (Å²) in [4.78, 5) is 32.5. The van der Waals surface area contributed by atoms with Crippen LogP contribution in [0.15, 0.2) is 54.7 Å². The molecular formula is C35H30F6N3NaO8S. The van der Waals surface area contributed by atoms with Gasteiger partial charge in [0.1, 0.15) is 22.8 Å². The van der Waals surface area contributed by atoms with Gasteiger partial charge in [-0.2, -0.15) is 26.3 Å². The number of fused-ring (bicyclic) bond motifs is 2. The number of rotatable bonds is 12. The Bertz CT molecular complexity index is 2210. The monoisotopic (exact) mass is 789 g/mol. The van der Waals surface area contributed by atoms with Gasteiger partial charge in [0.15, 0.2) is 19.0 Å². The molecule has 19 heteroatoms.